The Hall–Kier alpha value is -4.20. The third-order valence-corrected chi connectivity index (χ3v) is 5.16. The summed E-state index contributed by atoms with van der Waals surface area (Å²) in [5.74, 6) is -0.259. The average Bonchev–Trinajstić information content (AvgIpc) is 2.84. The lowest BCUT2D eigenvalue weighted by Gasteiger charge is -2.19. The molecule has 8 nitrogen and oxygen atoms in total. The van der Waals surface area contributed by atoms with Gasteiger partial charge < -0.3 is 15.4 Å². The normalized spacial score (nSPS) is 11.3. The number of carbonyl (C=O) groups excluding carboxylic acids is 2. The molecule has 0 bridgehead atoms. The summed E-state index contributed by atoms with van der Waals surface area (Å²) < 4.78 is 5.11. The zero-order chi connectivity index (χ0) is 23.8. The molecule has 0 radical (unpaired) electrons. The van der Waals surface area contributed by atoms with Gasteiger partial charge in [0, 0.05) is 29.8 Å². The smallest absolute Gasteiger partial charge is 0.269 e. The molecule has 33 heavy (non-hydrogen) atoms. The molecule has 3 aromatic carbocycles. The molecule has 0 aromatic heterocycles. The number of amides is 2. The van der Waals surface area contributed by atoms with E-state index in [2.05, 4.69) is 10.6 Å². The Labute approximate surface area is 191 Å². The summed E-state index contributed by atoms with van der Waals surface area (Å²) in [6.07, 6.45) is 0.962. The minimum atomic E-state index is -0.951. The summed E-state index contributed by atoms with van der Waals surface area (Å²) in [6, 6.07) is 19.0. The summed E-state index contributed by atoms with van der Waals surface area (Å²) in [5.41, 5.74) is 2.57. The van der Waals surface area contributed by atoms with Crippen molar-refractivity contribution in [3.8, 4) is 5.75 Å². The van der Waals surface area contributed by atoms with Crippen molar-refractivity contribution in [1.82, 2.24) is 5.32 Å². The number of methoxy groups -OCH3 is 1. The number of carbonyl (C=O) groups is 2. The fourth-order valence-electron chi connectivity index (χ4n) is 3.28. The molecule has 1 atom stereocenters. The Kier molecular flexibility index (Phi) is 7.75. The lowest BCUT2D eigenvalue weighted by atomic mass is 10.0. The van der Waals surface area contributed by atoms with E-state index < -0.39 is 22.8 Å². The number of hydrogen-bond acceptors (Lipinski definition) is 5. The molecular formula is C25H25N3O5. The topological polar surface area (TPSA) is 111 Å². The summed E-state index contributed by atoms with van der Waals surface area (Å²) in [4.78, 5) is 36.5. The minimum absolute atomic E-state index is 0.0803. The third kappa shape index (κ3) is 6.39. The van der Waals surface area contributed by atoms with Crippen LogP contribution in [0.5, 0.6) is 5.75 Å². The molecule has 0 spiro atoms. The fourth-order valence-corrected chi connectivity index (χ4v) is 3.28. The van der Waals surface area contributed by atoms with Crippen molar-refractivity contribution in [3.05, 3.63) is 99.6 Å². The van der Waals surface area contributed by atoms with E-state index >= 15 is 0 Å². The Bertz CT molecular complexity index is 1130. The number of non-ortho nitro benzene ring substituents is 1. The molecule has 8 heteroatoms. The number of ether oxygens (including phenoxy) is 1. The Balaban J connectivity index is 1.82. The van der Waals surface area contributed by atoms with Crippen LogP contribution >= 0.6 is 0 Å². The first kappa shape index (κ1) is 23.5. The van der Waals surface area contributed by atoms with E-state index in [0.717, 1.165) is 12.0 Å². The zero-order valence-electron chi connectivity index (χ0n) is 18.4. The van der Waals surface area contributed by atoms with E-state index in [1.165, 1.54) is 19.2 Å². The molecular weight excluding hydrogens is 422 g/mol. The highest BCUT2D eigenvalue weighted by atomic mass is 16.6. The second kappa shape index (κ2) is 10.9. The second-order valence-electron chi connectivity index (χ2n) is 7.43. The number of anilines is 1. The first-order chi connectivity index (χ1) is 15.9. The molecule has 0 saturated heterocycles. The van der Waals surface area contributed by atoms with Crippen LogP contribution in [0, 0.1) is 10.1 Å². The highest BCUT2D eigenvalue weighted by Crippen LogP contribution is 2.17. The maximum Gasteiger partial charge on any atom is 0.269 e. The van der Waals surface area contributed by atoms with Gasteiger partial charge in [-0.3, -0.25) is 19.7 Å². The summed E-state index contributed by atoms with van der Waals surface area (Å²) >= 11 is 0. The van der Waals surface area contributed by atoms with E-state index in [-0.39, 0.29) is 12.1 Å². The molecule has 170 valence electrons. The van der Waals surface area contributed by atoms with Gasteiger partial charge in [-0.2, -0.15) is 0 Å². The largest absolute Gasteiger partial charge is 0.497 e. The standard InChI is InChI=1S/C25H25N3O5/c1-3-17-7-11-20(12-8-17)26-25(30)23(16-18-5-4-6-21(15-18)28(31)32)27-24(29)19-9-13-22(33-2)14-10-19/h4-15,23H,3,16H2,1-2H3,(H,26,30)(H,27,29). The van der Waals surface area contributed by atoms with Crippen molar-refractivity contribution >= 4 is 23.2 Å². The molecule has 0 saturated carbocycles. The van der Waals surface area contributed by atoms with Gasteiger partial charge in [0.15, 0.2) is 0 Å². The van der Waals surface area contributed by atoms with E-state index in [0.29, 0.717) is 22.6 Å². The molecule has 3 rings (SSSR count). The number of nitrogens with one attached hydrogen (secondary N) is 2. The molecule has 2 amide bonds. The van der Waals surface area contributed by atoms with Crippen molar-refractivity contribution in [3.63, 3.8) is 0 Å². The van der Waals surface area contributed by atoms with Gasteiger partial charge in [0.05, 0.1) is 12.0 Å². The lowest BCUT2D eigenvalue weighted by Crippen LogP contribution is -2.45. The number of hydrogen-bond donors (Lipinski definition) is 2. The van der Waals surface area contributed by atoms with Gasteiger partial charge in [-0.1, -0.05) is 31.2 Å². The van der Waals surface area contributed by atoms with Crippen molar-refractivity contribution < 1.29 is 19.2 Å². The predicted molar refractivity (Wildman–Crippen MR) is 125 cm³/mol. The number of rotatable bonds is 9. The lowest BCUT2D eigenvalue weighted by molar-refractivity contribution is -0.384. The maximum atomic E-state index is 13.1. The van der Waals surface area contributed by atoms with Crippen molar-refractivity contribution in [2.45, 2.75) is 25.8 Å². The summed E-state index contributed by atoms with van der Waals surface area (Å²) in [5, 5.41) is 16.7. The van der Waals surface area contributed by atoms with Crippen LogP contribution in [0.3, 0.4) is 0 Å². The summed E-state index contributed by atoms with van der Waals surface area (Å²) in [7, 11) is 1.53. The van der Waals surface area contributed by atoms with Crippen LogP contribution in [0.25, 0.3) is 0 Å². The molecule has 0 aliphatic heterocycles. The quantitative estimate of drug-likeness (QED) is 0.378. The molecule has 0 aliphatic carbocycles. The van der Waals surface area contributed by atoms with E-state index in [1.54, 1.807) is 48.5 Å². The number of nitro groups is 1. The van der Waals surface area contributed by atoms with Gasteiger partial charge in [-0.05, 0) is 53.9 Å². The van der Waals surface area contributed by atoms with Gasteiger partial charge in [-0.15, -0.1) is 0 Å². The van der Waals surface area contributed by atoms with Crippen LogP contribution in [0.15, 0.2) is 72.8 Å². The van der Waals surface area contributed by atoms with Crippen LogP contribution in [-0.2, 0) is 17.6 Å². The summed E-state index contributed by atoms with van der Waals surface area (Å²) in [6.45, 7) is 2.04. The Morgan fingerprint density at radius 2 is 1.70 bits per heavy atom. The SMILES string of the molecule is CCc1ccc(NC(=O)C(Cc2cccc([N+](=O)[O-])c2)NC(=O)c2ccc(OC)cc2)cc1. The Morgan fingerprint density at radius 1 is 1.00 bits per heavy atom. The highest BCUT2D eigenvalue weighted by Gasteiger charge is 2.23. The van der Waals surface area contributed by atoms with Gasteiger partial charge in [0.1, 0.15) is 11.8 Å². The maximum absolute atomic E-state index is 13.1. The predicted octanol–water partition coefficient (Wildman–Crippen LogP) is 4.15. The van der Waals surface area contributed by atoms with Crippen LogP contribution in [0.4, 0.5) is 11.4 Å². The van der Waals surface area contributed by atoms with E-state index in [9.17, 15) is 19.7 Å². The third-order valence-electron chi connectivity index (χ3n) is 5.16. The number of aryl methyl sites for hydroxylation is 1. The molecule has 0 heterocycles. The van der Waals surface area contributed by atoms with Gasteiger partial charge in [0.2, 0.25) is 5.91 Å². The van der Waals surface area contributed by atoms with E-state index in [4.69, 9.17) is 4.74 Å². The number of nitrogens with zero attached hydrogens (tertiary/aromatic N) is 1. The fraction of sp³-hybridized carbons (Fsp3) is 0.200. The number of benzene rings is 3. The minimum Gasteiger partial charge on any atom is -0.497 e. The van der Waals surface area contributed by atoms with Crippen molar-refractivity contribution in [1.29, 1.82) is 0 Å². The average molecular weight is 447 g/mol. The van der Waals surface area contributed by atoms with Gasteiger partial charge in [-0.25, -0.2) is 0 Å². The molecule has 3 aromatic rings. The van der Waals surface area contributed by atoms with Crippen LogP contribution in [-0.4, -0.2) is 29.9 Å². The highest BCUT2D eigenvalue weighted by molar-refractivity contribution is 6.01. The van der Waals surface area contributed by atoms with Gasteiger partial charge >= 0.3 is 0 Å². The van der Waals surface area contributed by atoms with Crippen molar-refractivity contribution in [2.24, 2.45) is 0 Å². The van der Waals surface area contributed by atoms with Crippen molar-refractivity contribution in [2.75, 3.05) is 12.4 Å². The molecule has 0 fully saturated rings. The first-order valence-corrected chi connectivity index (χ1v) is 10.5. The zero-order valence-corrected chi connectivity index (χ0v) is 18.4. The van der Waals surface area contributed by atoms with Crippen LogP contribution in [0.1, 0.15) is 28.4 Å². The first-order valence-electron chi connectivity index (χ1n) is 10.5. The monoisotopic (exact) mass is 447 g/mol. The molecule has 1 unspecified atom stereocenters. The Morgan fingerprint density at radius 3 is 2.30 bits per heavy atom. The molecule has 2 N–H and O–H groups in total. The van der Waals surface area contributed by atoms with Crippen LogP contribution in [0.2, 0.25) is 0 Å². The molecule has 0 aliphatic rings. The van der Waals surface area contributed by atoms with Gasteiger partial charge in [0.25, 0.3) is 11.6 Å². The second-order valence-corrected chi connectivity index (χ2v) is 7.43. The van der Waals surface area contributed by atoms with E-state index in [1.807, 2.05) is 19.1 Å². The number of nitro benzene ring substituents is 1. The van der Waals surface area contributed by atoms with Crippen LogP contribution < -0.4 is 15.4 Å².